The molecular formula is C16H24N4. The van der Waals surface area contributed by atoms with Crippen LogP contribution in [-0.4, -0.2) is 20.8 Å². The summed E-state index contributed by atoms with van der Waals surface area (Å²) in [6.07, 6.45) is 1.76. The van der Waals surface area contributed by atoms with Gasteiger partial charge in [0, 0.05) is 25.4 Å². The Balaban J connectivity index is 2.28. The van der Waals surface area contributed by atoms with E-state index in [0.717, 1.165) is 36.7 Å². The van der Waals surface area contributed by atoms with Gasteiger partial charge in [-0.1, -0.05) is 39.8 Å². The fraction of sp³-hybridized carbons (Fsp3) is 0.500. The molecule has 0 fully saturated rings. The third-order valence-corrected chi connectivity index (χ3v) is 3.22. The zero-order valence-corrected chi connectivity index (χ0v) is 12.8. The van der Waals surface area contributed by atoms with Crippen molar-refractivity contribution in [2.45, 2.75) is 53.1 Å². The molecule has 1 aromatic heterocycles. The molecule has 1 heterocycles. The van der Waals surface area contributed by atoms with Gasteiger partial charge >= 0.3 is 0 Å². The van der Waals surface area contributed by atoms with Gasteiger partial charge in [0.25, 0.3) is 0 Å². The van der Waals surface area contributed by atoms with E-state index in [1.54, 1.807) is 0 Å². The Labute approximate surface area is 121 Å². The van der Waals surface area contributed by atoms with Crippen molar-refractivity contribution in [3.05, 3.63) is 41.5 Å². The lowest BCUT2D eigenvalue weighted by molar-refractivity contribution is 0.588. The van der Waals surface area contributed by atoms with Crippen LogP contribution in [0.15, 0.2) is 24.3 Å². The predicted molar refractivity (Wildman–Crippen MR) is 82.1 cm³/mol. The third-order valence-electron chi connectivity index (χ3n) is 3.22. The summed E-state index contributed by atoms with van der Waals surface area (Å²) in [5.41, 5.74) is 2.36. The standard InChI is InChI=1S/C16H24N4/c1-5-15-18-16(6-2)20(19-15)14-9-7-8-13(10-14)11-17-12(3)4/h7-10,12,17H,5-6,11H2,1-4H3. The lowest BCUT2D eigenvalue weighted by Gasteiger charge is -2.10. The summed E-state index contributed by atoms with van der Waals surface area (Å²) >= 11 is 0. The number of nitrogens with one attached hydrogen (secondary N) is 1. The minimum atomic E-state index is 0.489. The summed E-state index contributed by atoms with van der Waals surface area (Å²) in [6, 6.07) is 8.99. The Morgan fingerprint density at radius 2 is 2.00 bits per heavy atom. The van der Waals surface area contributed by atoms with E-state index in [-0.39, 0.29) is 0 Å². The second kappa shape index (κ2) is 6.66. The molecule has 0 aliphatic carbocycles. The number of benzene rings is 1. The summed E-state index contributed by atoms with van der Waals surface area (Å²) in [7, 11) is 0. The van der Waals surface area contributed by atoms with E-state index in [1.165, 1.54) is 5.56 Å². The summed E-state index contributed by atoms with van der Waals surface area (Å²) in [4.78, 5) is 4.56. The molecule has 108 valence electrons. The van der Waals surface area contributed by atoms with Crippen LogP contribution < -0.4 is 5.32 Å². The first-order chi connectivity index (χ1) is 9.63. The highest BCUT2D eigenvalue weighted by Gasteiger charge is 2.09. The molecule has 0 aliphatic rings. The molecule has 4 heteroatoms. The molecule has 4 nitrogen and oxygen atoms in total. The highest BCUT2D eigenvalue weighted by molar-refractivity contribution is 5.36. The summed E-state index contributed by atoms with van der Waals surface area (Å²) < 4.78 is 1.97. The number of rotatable bonds is 6. The Morgan fingerprint density at radius 1 is 1.20 bits per heavy atom. The molecule has 0 spiro atoms. The number of nitrogens with zero attached hydrogens (tertiary/aromatic N) is 3. The Hall–Kier alpha value is -1.68. The Morgan fingerprint density at radius 3 is 2.65 bits per heavy atom. The van der Waals surface area contributed by atoms with E-state index in [0.29, 0.717) is 6.04 Å². The topological polar surface area (TPSA) is 42.7 Å². The van der Waals surface area contributed by atoms with Crippen LogP contribution in [0, 0.1) is 0 Å². The maximum atomic E-state index is 4.59. The molecule has 2 aromatic rings. The second-order valence-electron chi connectivity index (χ2n) is 5.27. The zero-order chi connectivity index (χ0) is 14.5. The van der Waals surface area contributed by atoms with E-state index in [9.17, 15) is 0 Å². The molecule has 0 saturated carbocycles. The number of aromatic nitrogens is 3. The maximum absolute atomic E-state index is 4.59. The highest BCUT2D eigenvalue weighted by atomic mass is 15.3. The maximum Gasteiger partial charge on any atom is 0.151 e. The van der Waals surface area contributed by atoms with Crippen LogP contribution in [0.4, 0.5) is 0 Å². The van der Waals surface area contributed by atoms with Gasteiger partial charge in [-0.05, 0) is 17.7 Å². The van der Waals surface area contributed by atoms with Crippen LogP contribution in [0.25, 0.3) is 5.69 Å². The van der Waals surface area contributed by atoms with Crippen LogP contribution in [0.1, 0.15) is 44.9 Å². The van der Waals surface area contributed by atoms with Crippen molar-refractivity contribution in [2.24, 2.45) is 0 Å². The van der Waals surface area contributed by atoms with Gasteiger partial charge in [-0.3, -0.25) is 0 Å². The Kier molecular flexibility index (Phi) is 4.90. The SMILES string of the molecule is CCc1nc(CC)n(-c2cccc(CNC(C)C)c2)n1. The fourth-order valence-electron chi connectivity index (χ4n) is 2.10. The highest BCUT2D eigenvalue weighted by Crippen LogP contribution is 2.13. The van der Waals surface area contributed by atoms with E-state index in [1.807, 2.05) is 4.68 Å². The lowest BCUT2D eigenvalue weighted by atomic mass is 10.2. The molecule has 0 bridgehead atoms. The van der Waals surface area contributed by atoms with Crippen molar-refractivity contribution in [1.29, 1.82) is 0 Å². The quantitative estimate of drug-likeness (QED) is 0.879. The van der Waals surface area contributed by atoms with E-state index < -0.39 is 0 Å². The second-order valence-corrected chi connectivity index (χ2v) is 5.27. The van der Waals surface area contributed by atoms with Crippen LogP contribution >= 0.6 is 0 Å². The molecule has 0 radical (unpaired) electrons. The average Bonchev–Trinajstić information content (AvgIpc) is 2.89. The monoisotopic (exact) mass is 272 g/mol. The molecule has 1 N–H and O–H groups in total. The minimum Gasteiger partial charge on any atom is -0.310 e. The summed E-state index contributed by atoms with van der Waals surface area (Å²) in [5.74, 6) is 1.93. The van der Waals surface area contributed by atoms with E-state index in [4.69, 9.17) is 0 Å². The van der Waals surface area contributed by atoms with Gasteiger partial charge in [0.2, 0.25) is 0 Å². The van der Waals surface area contributed by atoms with Gasteiger partial charge in [0.05, 0.1) is 5.69 Å². The summed E-state index contributed by atoms with van der Waals surface area (Å²) in [5, 5.41) is 8.03. The lowest BCUT2D eigenvalue weighted by Crippen LogP contribution is -2.21. The molecule has 0 unspecified atom stereocenters. The smallest absolute Gasteiger partial charge is 0.151 e. The molecule has 20 heavy (non-hydrogen) atoms. The van der Waals surface area contributed by atoms with Crippen molar-refractivity contribution in [2.75, 3.05) is 0 Å². The Bertz CT molecular complexity index is 557. The molecular weight excluding hydrogens is 248 g/mol. The fourth-order valence-corrected chi connectivity index (χ4v) is 2.10. The predicted octanol–water partition coefficient (Wildman–Crippen LogP) is 2.89. The number of hydrogen-bond donors (Lipinski definition) is 1. The van der Waals surface area contributed by atoms with Crippen molar-refractivity contribution < 1.29 is 0 Å². The van der Waals surface area contributed by atoms with Gasteiger partial charge in [0.1, 0.15) is 5.82 Å². The van der Waals surface area contributed by atoms with Gasteiger partial charge < -0.3 is 5.32 Å². The van der Waals surface area contributed by atoms with Crippen LogP contribution in [0.5, 0.6) is 0 Å². The van der Waals surface area contributed by atoms with Crippen LogP contribution in [0.3, 0.4) is 0 Å². The van der Waals surface area contributed by atoms with Gasteiger partial charge in [0.15, 0.2) is 5.82 Å². The summed E-state index contributed by atoms with van der Waals surface area (Å²) in [6.45, 7) is 9.39. The molecule has 0 amide bonds. The molecule has 0 aliphatic heterocycles. The first kappa shape index (κ1) is 14.7. The van der Waals surface area contributed by atoms with E-state index in [2.05, 4.69) is 67.4 Å². The van der Waals surface area contributed by atoms with Crippen molar-refractivity contribution in [3.8, 4) is 5.69 Å². The largest absolute Gasteiger partial charge is 0.310 e. The van der Waals surface area contributed by atoms with Gasteiger partial charge in [-0.15, -0.1) is 0 Å². The molecule has 0 atom stereocenters. The van der Waals surface area contributed by atoms with E-state index >= 15 is 0 Å². The molecule has 1 aromatic carbocycles. The molecule has 2 rings (SSSR count). The minimum absolute atomic E-state index is 0.489. The number of hydrogen-bond acceptors (Lipinski definition) is 3. The first-order valence-corrected chi connectivity index (χ1v) is 7.41. The first-order valence-electron chi connectivity index (χ1n) is 7.41. The van der Waals surface area contributed by atoms with Crippen molar-refractivity contribution in [1.82, 2.24) is 20.1 Å². The van der Waals surface area contributed by atoms with Crippen LogP contribution in [0.2, 0.25) is 0 Å². The van der Waals surface area contributed by atoms with Gasteiger partial charge in [-0.2, -0.15) is 5.10 Å². The normalized spacial score (nSPS) is 11.2. The van der Waals surface area contributed by atoms with Crippen molar-refractivity contribution in [3.63, 3.8) is 0 Å². The van der Waals surface area contributed by atoms with Crippen molar-refractivity contribution >= 4 is 0 Å². The molecule has 0 saturated heterocycles. The van der Waals surface area contributed by atoms with Gasteiger partial charge in [-0.25, -0.2) is 9.67 Å². The average molecular weight is 272 g/mol. The van der Waals surface area contributed by atoms with Crippen LogP contribution in [-0.2, 0) is 19.4 Å². The third kappa shape index (κ3) is 3.45. The zero-order valence-electron chi connectivity index (χ0n) is 12.8. The number of aryl methyl sites for hydroxylation is 2.